The largest absolute Gasteiger partial charge is 0.462 e. The predicted octanol–water partition coefficient (Wildman–Crippen LogP) is 23.7. The number of ether oxygens (including phenoxy) is 3. The summed E-state index contributed by atoms with van der Waals surface area (Å²) in [7, 11) is 0. The Morgan fingerprint density at radius 2 is 0.470 bits per heavy atom. The third-order valence-corrected chi connectivity index (χ3v) is 14.0. The molecule has 0 aromatic heterocycles. The molecule has 1 atom stereocenters. The van der Waals surface area contributed by atoms with Crippen molar-refractivity contribution < 1.29 is 28.6 Å². The van der Waals surface area contributed by atoms with Crippen LogP contribution in [0, 0.1) is 0 Å². The average molecular weight is 1150 g/mol. The number of carbonyl (C=O) groups excluding carboxylic acids is 3. The van der Waals surface area contributed by atoms with Crippen LogP contribution >= 0.6 is 0 Å². The summed E-state index contributed by atoms with van der Waals surface area (Å²) in [5.74, 6) is -0.923. The summed E-state index contributed by atoms with van der Waals surface area (Å²) in [6, 6.07) is 0. The summed E-state index contributed by atoms with van der Waals surface area (Å²) < 4.78 is 16.9. The molecule has 1 unspecified atom stereocenters. The number of hydrogen-bond acceptors (Lipinski definition) is 6. The molecule has 6 heteroatoms. The lowest BCUT2D eigenvalue weighted by atomic mass is 10.0. The second kappa shape index (κ2) is 69.5. The number of unbranched alkanes of at least 4 members (excludes halogenated alkanes) is 23. The molecule has 0 N–H and O–H groups in total. The van der Waals surface area contributed by atoms with E-state index in [2.05, 4.69) is 179 Å². The average Bonchev–Trinajstić information content (AvgIpc) is 3.49. The zero-order valence-electron chi connectivity index (χ0n) is 53.7. The van der Waals surface area contributed by atoms with Gasteiger partial charge in [-0.2, -0.15) is 0 Å². The Labute approximate surface area is 511 Å². The molecule has 0 amide bonds. The minimum Gasteiger partial charge on any atom is -0.462 e. The molecule has 0 saturated heterocycles. The first kappa shape index (κ1) is 78.0. The summed E-state index contributed by atoms with van der Waals surface area (Å²) in [5.41, 5.74) is 0. The van der Waals surface area contributed by atoms with E-state index in [0.717, 1.165) is 154 Å². The first-order valence-corrected chi connectivity index (χ1v) is 34.0. The van der Waals surface area contributed by atoms with E-state index in [1.807, 2.05) is 0 Å². The smallest absolute Gasteiger partial charge is 0.306 e. The molecule has 0 aliphatic carbocycles. The highest BCUT2D eigenvalue weighted by molar-refractivity contribution is 5.71. The highest BCUT2D eigenvalue weighted by Crippen LogP contribution is 2.15. The lowest BCUT2D eigenvalue weighted by molar-refractivity contribution is -0.167. The molecule has 0 bridgehead atoms. The van der Waals surface area contributed by atoms with Gasteiger partial charge in [0.15, 0.2) is 6.10 Å². The van der Waals surface area contributed by atoms with Crippen LogP contribution < -0.4 is 0 Å². The van der Waals surface area contributed by atoms with Crippen molar-refractivity contribution in [2.24, 2.45) is 0 Å². The minimum absolute atomic E-state index is 0.0924. The van der Waals surface area contributed by atoms with E-state index in [9.17, 15) is 14.4 Å². The normalized spacial score (nSPS) is 13.1. The molecular formula is C77H124O6. The Morgan fingerprint density at radius 3 is 0.735 bits per heavy atom. The number of allylic oxidation sites excluding steroid dienone is 26. The van der Waals surface area contributed by atoms with Crippen LogP contribution in [0.2, 0.25) is 0 Å². The molecule has 0 rings (SSSR count). The number of carbonyl (C=O) groups is 3. The van der Waals surface area contributed by atoms with Crippen LogP contribution in [0.25, 0.3) is 0 Å². The van der Waals surface area contributed by atoms with E-state index in [4.69, 9.17) is 14.2 Å². The van der Waals surface area contributed by atoms with Crippen molar-refractivity contribution in [3.05, 3.63) is 158 Å². The van der Waals surface area contributed by atoms with Gasteiger partial charge in [-0.15, -0.1) is 0 Å². The van der Waals surface area contributed by atoms with Gasteiger partial charge in [0.2, 0.25) is 0 Å². The van der Waals surface area contributed by atoms with Crippen molar-refractivity contribution in [3.8, 4) is 0 Å². The molecule has 0 aromatic rings. The van der Waals surface area contributed by atoms with Crippen molar-refractivity contribution in [2.45, 2.75) is 297 Å². The van der Waals surface area contributed by atoms with Crippen LogP contribution in [0.3, 0.4) is 0 Å². The fourth-order valence-electron chi connectivity index (χ4n) is 9.01. The summed E-state index contributed by atoms with van der Waals surface area (Å²) in [5, 5.41) is 0. The summed E-state index contributed by atoms with van der Waals surface area (Å²) >= 11 is 0. The molecule has 0 spiro atoms. The van der Waals surface area contributed by atoms with Gasteiger partial charge in [-0.25, -0.2) is 0 Å². The highest BCUT2D eigenvalue weighted by atomic mass is 16.6. The van der Waals surface area contributed by atoms with Crippen LogP contribution in [-0.2, 0) is 28.6 Å². The molecule has 0 aromatic carbocycles. The third-order valence-electron chi connectivity index (χ3n) is 14.0. The number of hydrogen-bond donors (Lipinski definition) is 0. The van der Waals surface area contributed by atoms with Gasteiger partial charge >= 0.3 is 17.9 Å². The molecule has 0 aliphatic rings. The van der Waals surface area contributed by atoms with Gasteiger partial charge in [-0.05, 0) is 128 Å². The van der Waals surface area contributed by atoms with Gasteiger partial charge < -0.3 is 14.2 Å². The Hall–Kier alpha value is -4.97. The van der Waals surface area contributed by atoms with E-state index < -0.39 is 6.10 Å². The number of esters is 3. The van der Waals surface area contributed by atoms with Crippen molar-refractivity contribution in [3.63, 3.8) is 0 Å². The van der Waals surface area contributed by atoms with E-state index in [1.165, 1.54) is 96.3 Å². The molecule has 0 saturated carbocycles. The standard InChI is InChI=1S/C77H124O6/c1-4-7-10-13-16-19-21-23-25-27-29-31-33-34-35-36-37-38-39-40-41-42-44-45-47-49-51-53-55-58-61-64-67-70-76(79)82-73-74(72-81-75(78)69-66-63-60-57-18-15-12-9-6-3)83-77(80)71-68-65-62-59-56-54-52-50-48-46-43-32-30-28-26-24-22-20-17-14-11-8-5-2/h7-8,10-11,16-17,19-20,23-26,29-32,34-35,37-38,40-41,46,48,52,54,74H,4-6,9,12-15,18,21-22,27-28,33,36,39,42-45,47,49-51,53,55-73H2,1-3H3/b10-7-,11-8-,19-16-,20-17-,25-23-,26-24-,31-29-,32-30-,35-34-,38-37-,41-40-,48-46-,54-52-. The summed E-state index contributed by atoms with van der Waals surface area (Å²) in [6.45, 7) is 6.37. The lowest BCUT2D eigenvalue weighted by Crippen LogP contribution is -2.30. The second-order valence-electron chi connectivity index (χ2n) is 22.0. The first-order chi connectivity index (χ1) is 41.0. The fourth-order valence-corrected chi connectivity index (χ4v) is 9.01. The van der Waals surface area contributed by atoms with E-state index in [0.29, 0.717) is 19.3 Å². The van der Waals surface area contributed by atoms with Crippen molar-refractivity contribution in [2.75, 3.05) is 13.2 Å². The van der Waals surface area contributed by atoms with Crippen LogP contribution in [0.15, 0.2) is 158 Å². The third kappa shape index (κ3) is 67.7. The molecular weight excluding hydrogens is 1020 g/mol. The highest BCUT2D eigenvalue weighted by Gasteiger charge is 2.19. The fraction of sp³-hybridized carbons (Fsp3) is 0.623. The van der Waals surface area contributed by atoms with Gasteiger partial charge in [-0.1, -0.05) is 301 Å². The first-order valence-electron chi connectivity index (χ1n) is 34.0. The van der Waals surface area contributed by atoms with Crippen LogP contribution in [0.5, 0.6) is 0 Å². The molecule has 0 heterocycles. The quantitative estimate of drug-likeness (QED) is 0.0261. The monoisotopic (exact) mass is 1140 g/mol. The van der Waals surface area contributed by atoms with Crippen molar-refractivity contribution >= 4 is 17.9 Å². The van der Waals surface area contributed by atoms with E-state index >= 15 is 0 Å². The van der Waals surface area contributed by atoms with Gasteiger partial charge in [0.25, 0.3) is 0 Å². The molecule has 6 nitrogen and oxygen atoms in total. The Balaban J connectivity index is 4.24. The zero-order chi connectivity index (χ0) is 59.9. The van der Waals surface area contributed by atoms with Crippen molar-refractivity contribution in [1.82, 2.24) is 0 Å². The molecule has 0 radical (unpaired) electrons. The SMILES string of the molecule is CC/C=C\C/C=C\C/C=C\C/C=C\C/C=C\C/C=C\C/C=C\CCCCCCCCCCCCCC(=O)OCC(COC(=O)CCCCCCCCCCC)OC(=O)CCCCCC/C=C\C/C=C\C/C=C\C/C=C\C/C=C\C/C=C\CC. The maximum Gasteiger partial charge on any atom is 0.306 e. The molecule has 0 aliphatic heterocycles. The molecule has 0 fully saturated rings. The Kier molecular flexibility index (Phi) is 65.4. The van der Waals surface area contributed by atoms with Crippen LogP contribution in [-0.4, -0.2) is 37.2 Å². The zero-order valence-corrected chi connectivity index (χ0v) is 53.7. The van der Waals surface area contributed by atoms with Gasteiger partial charge in [-0.3, -0.25) is 14.4 Å². The van der Waals surface area contributed by atoms with Gasteiger partial charge in [0, 0.05) is 19.3 Å². The van der Waals surface area contributed by atoms with E-state index in [-0.39, 0.29) is 31.1 Å². The van der Waals surface area contributed by atoms with E-state index in [1.54, 1.807) is 0 Å². The van der Waals surface area contributed by atoms with Crippen molar-refractivity contribution in [1.29, 1.82) is 0 Å². The van der Waals surface area contributed by atoms with Gasteiger partial charge in [0.1, 0.15) is 13.2 Å². The Bertz CT molecular complexity index is 1840. The molecule has 83 heavy (non-hydrogen) atoms. The van der Waals surface area contributed by atoms with Gasteiger partial charge in [0.05, 0.1) is 0 Å². The topological polar surface area (TPSA) is 78.9 Å². The lowest BCUT2D eigenvalue weighted by Gasteiger charge is -2.18. The maximum atomic E-state index is 12.9. The Morgan fingerprint density at radius 1 is 0.253 bits per heavy atom. The number of rotatable bonds is 60. The van der Waals surface area contributed by atoms with Crippen LogP contribution in [0.4, 0.5) is 0 Å². The second-order valence-corrected chi connectivity index (χ2v) is 22.0. The minimum atomic E-state index is -0.798. The van der Waals surface area contributed by atoms with Crippen LogP contribution in [0.1, 0.15) is 290 Å². The molecule has 468 valence electrons. The summed E-state index contributed by atoms with van der Waals surface area (Å²) in [4.78, 5) is 38.3. The predicted molar refractivity (Wildman–Crippen MR) is 362 cm³/mol. The summed E-state index contributed by atoms with van der Waals surface area (Å²) in [6.07, 6.45) is 101. The maximum absolute atomic E-state index is 12.9.